The van der Waals surface area contributed by atoms with Gasteiger partial charge in [-0.2, -0.15) is 0 Å². The van der Waals surface area contributed by atoms with Gasteiger partial charge < -0.3 is 9.84 Å². The van der Waals surface area contributed by atoms with E-state index in [9.17, 15) is 5.11 Å². The van der Waals surface area contributed by atoms with Crippen LogP contribution in [0.4, 0.5) is 0 Å². The highest BCUT2D eigenvalue weighted by molar-refractivity contribution is 6.30. The van der Waals surface area contributed by atoms with Crippen molar-refractivity contribution < 1.29 is 9.84 Å². The van der Waals surface area contributed by atoms with Gasteiger partial charge in [-0.05, 0) is 41.8 Å². The number of halogens is 1. The largest absolute Gasteiger partial charge is 0.497 e. The van der Waals surface area contributed by atoms with E-state index in [-0.39, 0.29) is 12.0 Å². The molecule has 1 atom stereocenters. The molecule has 0 aromatic heterocycles. The van der Waals surface area contributed by atoms with Crippen LogP contribution in [-0.2, 0) is 11.8 Å². The molecule has 0 aliphatic rings. The Morgan fingerprint density at radius 1 is 1.15 bits per heavy atom. The Labute approximate surface area is 125 Å². The molecule has 0 spiro atoms. The van der Waals surface area contributed by atoms with E-state index in [0.717, 1.165) is 23.3 Å². The van der Waals surface area contributed by atoms with Crippen molar-refractivity contribution in [2.45, 2.75) is 18.8 Å². The number of benzene rings is 2. The van der Waals surface area contributed by atoms with Gasteiger partial charge in [-0.3, -0.25) is 0 Å². The molecule has 2 aromatic carbocycles. The highest BCUT2D eigenvalue weighted by Gasteiger charge is 2.26. The summed E-state index contributed by atoms with van der Waals surface area (Å²) in [6.45, 7) is 2.11. The van der Waals surface area contributed by atoms with Gasteiger partial charge in [-0.1, -0.05) is 42.8 Å². The zero-order valence-corrected chi connectivity index (χ0v) is 12.5. The molecular formula is C17H19ClO2. The molecular weight excluding hydrogens is 272 g/mol. The predicted octanol–water partition coefficient (Wildman–Crippen LogP) is 3.84. The van der Waals surface area contributed by atoms with Crippen molar-refractivity contribution in [3.8, 4) is 5.75 Å². The predicted molar refractivity (Wildman–Crippen MR) is 82.6 cm³/mol. The summed E-state index contributed by atoms with van der Waals surface area (Å²) in [6, 6.07) is 15.6. The number of aliphatic hydroxyl groups is 1. The van der Waals surface area contributed by atoms with Crippen LogP contribution in [0.5, 0.6) is 5.75 Å². The fourth-order valence-electron chi connectivity index (χ4n) is 2.35. The monoisotopic (exact) mass is 290 g/mol. The Kier molecular flexibility index (Phi) is 4.69. The third-order valence-corrected chi connectivity index (χ3v) is 3.83. The van der Waals surface area contributed by atoms with Gasteiger partial charge in [0.2, 0.25) is 0 Å². The molecule has 2 nitrogen and oxygen atoms in total. The Morgan fingerprint density at radius 2 is 1.90 bits per heavy atom. The summed E-state index contributed by atoms with van der Waals surface area (Å²) in [5, 5.41) is 10.6. The number of aliphatic hydroxyl groups excluding tert-OH is 1. The Bertz CT molecular complexity index is 583. The molecule has 0 aliphatic heterocycles. The molecule has 106 valence electrons. The van der Waals surface area contributed by atoms with Crippen LogP contribution in [0, 0.1) is 0 Å². The van der Waals surface area contributed by atoms with E-state index in [1.54, 1.807) is 7.11 Å². The van der Waals surface area contributed by atoms with Gasteiger partial charge in [0.15, 0.2) is 0 Å². The minimum Gasteiger partial charge on any atom is -0.497 e. The molecule has 20 heavy (non-hydrogen) atoms. The molecule has 0 fully saturated rings. The molecule has 3 heteroatoms. The number of rotatable bonds is 5. The molecule has 0 radical (unpaired) electrons. The molecule has 2 aromatic rings. The third-order valence-electron chi connectivity index (χ3n) is 3.60. The van der Waals surface area contributed by atoms with Crippen molar-refractivity contribution in [2.24, 2.45) is 0 Å². The van der Waals surface area contributed by atoms with Crippen molar-refractivity contribution in [1.29, 1.82) is 0 Å². The molecule has 1 N–H and O–H groups in total. The van der Waals surface area contributed by atoms with Crippen LogP contribution in [0.2, 0.25) is 5.02 Å². The van der Waals surface area contributed by atoms with E-state index >= 15 is 0 Å². The maximum Gasteiger partial charge on any atom is 0.119 e. The van der Waals surface area contributed by atoms with Crippen LogP contribution in [-0.4, -0.2) is 18.8 Å². The van der Waals surface area contributed by atoms with E-state index in [1.165, 1.54) is 0 Å². The summed E-state index contributed by atoms with van der Waals surface area (Å²) < 4.78 is 5.26. The van der Waals surface area contributed by atoms with E-state index in [1.807, 2.05) is 55.5 Å². The molecule has 0 aliphatic carbocycles. The van der Waals surface area contributed by atoms with E-state index < -0.39 is 0 Å². The first-order valence-corrected chi connectivity index (χ1v) is 6.95. The van der Waals surface area contributed by atoms with Crippen molar-refractivity contribution >= 4 is 11.6 Å². The quantitative estimate of drug-likeness (QED) is 0.906. The maximum atomic E-state index is 9.86. The van der Waals surface area contributed by atoms with Crippen molar-refractivity contribution in [2.75, 3.05) is 13.7 Å². The van der Waals surface area contributed by atoms with Crippen molar-refractivity contribution in [3.05, 3.63) is 64.7 Å². The van der Waals surface area contributed by atoms with Crippen LogP contribution in [0.25, 0.3) is 0 Å². The second-order valence-corrected chi connectivity index (χ2v) is 5.69. The molecule has 0 saturated carbocycles. The van der Waals surface area contributed by atoms with Crippen molar-refractivity contribution in [3.63, 3.8) is 0 Å². The minimum atomic E-state index is -0.362. The zero-order chi connectivity index (χ0) is 14.6. The first-order chi connectivity index (χ1) is 9.57. The molecule has 0 saturated heterocycles. The lowest BCUT2D eigenvalue weighted by Gasteiger charge is -2.28. The smallest absolute Gasteiger partial charge is 0.119 e. The number of methoxy groups -OCH3 is 1. The van der Waals surface area contributed by atoms with Gasteiger partial charge in [0.1, 0.15) is 5.75 Å². The minimum absolute atomic E-state index is 0.0622. The Hall–Kier alpha value is -1.51. The summed E-state index contributed by atoms with van der Waals surface area (Å²) in [7, 11) is 1.65. The Balaban J connectivity index is 2.32. The van der Waals surface area contributed by atoms with Crippen LogP contribution >= 0.6 is 11.6 Å². The summed E-state index contributed by atoms with van der Waals surface area (Å²) in [6.07, 6.45) is 0.719. The normalized spacial score (nSPS) is 13.8. The highest BCUT2D eigenvalue weighted by atomic mass is 35.5. The molecule has 1 unspecified atom stereocenters. The second kappa shape index (κ2) is 6.29. The SMILES string of the molecule is COc1cccc(C(C)(CO)Cc2cccc(Cl)c2)c1. The van der Waals surface area contributed by atoms with Crippen molar-refractivity contribution in [1.82, 2.24) is 0 Å². The van der Waals surface area contributed by atoms with Gasteiger partial charge in [0, 0.05) is 10.4 Å². The summed E-state index contributed by atoms with van der Waals surface area (Å²) in [4.78, 5) is 0. The summed E-state index contributed by atoms with van der Waals surface area (Å²) in [5.41, 5.74) is 1.80. The average molecular weight is 291 g/mol. The standard InChI is InChI=1S/C17H19ClO2/c1-17(12-19,11-13-5-3-7-15(18)9-13)14-6-4-8-16(10-14)20-2/h3-10,19H,11-12H2,1-2H3. The number of hydrogen-bond donors (Lipinski definition) is 1. The fraction of sp³-hybridized carbons (Fsp3) is 0.294. The van der Waals surface area contributed by atoms with Crippen LogP contribution in [0.15, 0.2) is 48.5 Å². The van der Waals surface area contributed by atoms with Crippen LogP contribution < -0.4 is 4.74 Å². The Morgan fingerprint density at radius 3 is 2.55 bits per heavy atom. The van der Waals surface area contributed by atoms with Crippen LogP contribution in [0.1, 0.15) is 18.1 Å². The maximum absolute atomic E-state index is 9.86. The lowest BCUT2D eigenvalue weighted by atomic mass is 9.78. The van der Waals surface area contributed by atoms with Gasteiger partial charge >= 0.3 is 0 Å². The fourth-order valence-corrected chi connectivity index (χ4v) is 2.56. The molecule has 2 rings (SSSR count). The van der Waals surface area contributed by atoms with Crippen LogP contribution in [0.3, 0.4) is 0 Å². The summed E-state index contributed by atoms with van der Waals surface area (Å²) >= 11 is 6.03. The first-order valence-electron chi connectivity index (χ1n) is 6.57. The third kappa shape index (κ3) is 3.33. The van der Waals surface area contributed by atoms with Gasteiger partial charge in [-0.15, -0.1) is 0 Å². The lowest BCUT2D eigenvalue weighted by molar-refractivity contribution is 0.204. The lowest BCUT2D eigenvalue weighted by Crippen LogP contribution is -2.29. The van der Waals surface area contributed by atoms with Gasteiger partial charge in [-0.25, -0.2) is 0 Å². The molecule has 0 heterocycles. The molecule has 0 amide bonds. The average Bonchev–Trinajstić information content (AvgIpc) is 2.47. The van der Waals surface area contributed by atoms with Gasteiger partial charge in [0.25, 0.3) is 0 Å². The topological polar surface area (TPSA) is 29.5 Å². The zero-order valence-electron chi connectivity index (χ0n) is 11.8. The number of hydrogen-bond acceptors (Lipinski definition) is 2. The van der Waals surface area contributed by atoms with E-state index in [0.29, 0.717) is 5.02 Å². The van der Waals surface area contributed by atoms with E-state index in [4.69, 9.17) is 16.3 Å². The van der Waals surface area contributed by atoms with Gasteiger partial charge in [0.05, 0.1) is 13.7 Å². The first kappa shape index (κ1) is 14.9. The number of ether oxygens (including phenoxy) is 1. The van der Waals surface area contributed by atoms with E-state index in [2.05, 4.69) is 0 Å². The second-order valence-electron chi connectivity index (χ2n) is 5.26. The molecule has 0 bridgehead atoms. The summed E-state index contributed by atoms with van der Waals surface area (Å²) in [5.74, 6) is 0.799. The highest BCUT2D eigenvalue weighted by Crippen LogP contribution is 2.30.